The fourth-order valence-corrected chi connectivity index (χ4v) is 2.98. The minimum Gasteiger partial charge on any atom is -0.493 e. The first-order valence-corrected chi connectivity index (χ1v) is 10.1. The van der Waals surface area contributed by atoms with Crippen molar-refractivity contribution in [3.63, 3.8) is 0 Å². The van der Waals surface area contributed by atoms with Crippen molar-refractivity contribution in [2.75, 3.05) is 18.6 Å². The minimum atomic E-state index is -3.75. The Bertz CT molecular complexity index is 693. The first-order valence-electron chi connectivity index (χ1n) is 6.48. The normalized spacial score (nSPS) is 12.6. The van der Waals surface area contributed by atoms with E-state index < -0.39 is 19.9 Å². The predicted molar refractivity (Wildman–Crippen MR) is 81.7 cm³/mol. The van der Waals surface area contributed by atoms with Crippen molar-refractivity contribution in [3.8, 4) is 5.75 Å². The Morgan fingerprint density at radius 1 is 1.19 bits per heavy atom. The van der Waals surface area contributed by atoms with Crippen LogP contribution in [0.3, 0.4) is 0 Å². The summed E-state index contributed by atoms with van der Waals surface area (Å²) < 4.78 is 50.4. The van der Waals surface area contributed by atoms with Gasteiger partial charge in [-0.3, -0.25) is 0 Å². The van der Waals surface area contributed by atoms with Crippen LogP contribution >= 0.6 is 0 Å². The number of primary sulfonamides is 1. The van der Waals surface area contributed by atoms with Crippen LogP contribution < -0.4 is 9.88 Å². The second kappa shape index (κ2) is 6.76. The number of sulfone groups is 1. The Balaban J connectivity index is 2.88. The third kappa shape index (κ3) is 6.03. The van der Waals surface area contributed by atoms with Crippen LogP contribution in [0, 0.1) is 0 Å². The van der Waals surface area contributed by atoms with Gasteiger partial charge in [0.2, 0.25) is 10.0 Å². The number of benzene rings is 1. The van der Waals surface area contributed by atoms with Crippen LogP contribution in [0.1, 0.15) is 31.7 Å². The molecule has 0 aromatic heterocycles. The topological polar surface area (TPSA) is 104 Å². The van der Waals surface area contributed by atoms with Gasteiger partial charge in [-0.15, -0.1) is 0 Å². The molecular weight excluding hydrogens is 314 g/mol. The molecule has 0 aliphatic rings. The average Bonchev–Trinajstić information content (AvgIpc) is 2.32. The van der Waals surface area contributed by atoms with Crippen molar-refractivity contribution in [1.29, 1.82) is 0 Å². The van der Waals surface area contributed by atoms with E-state index in [9.17, 15) is 16.8 Å². The number of nitrogens with two attached hydrogens (primary N) is 1. The Labute approximate surface area is 126 Å². The lowest BCUT2D eigenvalue weighted by Crippen LogP contribution is -2.13. The molecule has 2 N–H and O–H groups in total. The molecule has 120 valence electrons. The van der Waals surface area contributed by atoms with E-state index in [4.69, 9.17) is 9.88 Å². The molecule has 0 heterocycles. The van der Waals surface area contributed by atoms with E-state index in [0.29, 0.717) is 12.2 Å². The molecule has 0 aliphatic carbocycles. The van der Waals surface area contributed by atoms with E-state index in [1.165, 1.54) is 18.4 Å². The first-order chi connectivity index (χ1) is 9.50. The predicted octanol–water partition coefficient (Wildman–Crippen LogP) is 1.27. The highest BCUT2D eigenvalue weighted by molar-refractivity contribution is 7.90. The van der Waals surface area contributed by atoms with Crippen LogP contribution in [0.25, 0.3) is 0 Å². The van der Waals surface area contributed by atoms with Crippen molar-refractivity contribution < 1.29 is 21.6 Å². The molecule has 0 spiro atoms. The van der Waals surface area contributed by atoms with Gasteiger partial charge in [0, 0.05) is 6.26 Å². The zero-order chi connectivity index (χ0) is 16.3. The van der Waals surface area contributed by atoms with Crippen molar-refractivity contribution in [3.05, 3.63) is 23.8 Å². The maximum absolute atomic E-state index is 11.4. The van der Waals surface area contributed by atoms with Gasteiger partial charge < -0.3 is 4.74 Å². The fourth-order valence-electron chi connectivity index (χ4n) is 1.79. The lowest BCUT2D eigenvalue weighted by Gasteiger charge is -2.15. The standard InChI is InChI=1S/C13H21NO5S2/c1-10(2)12-9-11(21(14,17)18)5-6-13(12)19-7-4-8-20(3,15)16/h5-6,9-10H,4,7-8H2,1-3H3,(H2,14,17,18). The zero-order valence-electron chi connectivity index (χ0n) is 12.4. The van der Waals surface area contributed by atoms with Crippen LogP contribution in [0.5, 0.6) is 5.75 Å². The molecule has 0 saturated heterocycles. The Morgan fingerprint density at radius 2 is 1.81 bits per heavy atom. The van der Waals surface area contributed by atoms with E-state index in [1.807, 2.05) is 13.8 Å². The monoisotopic (exact) mass is 335 g/mol. The first kappa shape index (κ1) is 17.9. The molecule has 0 aliphatic heterocycles. The molecule has 8 heteroatoms. The summed E-state index contributed by atoms with van der Waals surface area (Å²) in [5, 5.41) is 5.11. The van der Waals surface area contributed by atoms with Crippen molar-refractivity contribution in [2.45, 2.75) is 31.1 Å². The summed E-state index contributed by atoms with van der Waals surface area (Å²) in [6, 6.07) is 4.43. The van der Waals surface area contributed by atoms with Crippen LogP contribution in [-0.4, -0.2) is 35.5 Å². The lowest BCUT2D eigenvalue weighted by molar-refractivity contribution is 0.313. The second-order valence-corrected chi connectivity index (χ2v) is 9.05. The van der Waals surface area contributed by atoms with Crippen molar-refractivity contribution in [1.82, 2.24) is 0 Å². The smallest absolute Gasteiger partial charge is 0.238 e. The number of sulfonamides is 1. The quantitative estimate of drug-likeness (QED) is 0.756. The molecule has 0 fully saturated rings. The van der Waals surface area contributed by atoms with Gasteiger partial charge in [0.15, 0.2) is 0 Å². The summed E-state index contributed by atoms with van der Waals surface area (Å²) in [7, 11) is -6.76. The van der Waals surface area contributed by atoms with Crippen LogP contribution in [0.2, 0.25) is 0 Å². The molecule has 1 aromatic rings. The Hall–Kier alpha value is -1.12. The summed E-state index contributed by atoms with van der Waals surface area (Å²) in [4.78, 5) is 0.0367. The number of hydrogen-bond acceptors (Lipinski definition) is 5. The van der Waals surface area contributed by atoms with Crippen molar-refractivity contribution in [2.24, 2.45) is 5.14 Å². The number of rotatable bonds is 7. The average molecular weight is 335 g/mol. The van der Waals surface area contributed by atoms with E-state index in [1.54, 1.807) is 6.07 Å². The molecule has 6 nitrogen and oxygen atoms in total. The highest BCUT2D eigenvalue weighted by Gasteiger charge is 2.14. The van der Waals surface area contributed by atoms with Gasteiger partial charge in [-0.2, -0.15) is 0 Å². The summed E-state index contributed by atoms with van der Waals surface area (Å²) in [6.45, 7) is 4.07. The van der Waals surface area contributed by atoms with E-state index in [0.717, 1.165) is 5.56 Å². The summed E-state index contributed by atoms with van der Waals surface area (Å²) in [5.41, 5.74) is 0.723. The number of hydrogen-bond donors (Lipinski definition) is 1. The molecule has 0 radical (unpaired) electrons. The van der Waals surface area contributed by atoms with Gasteiger partial charge in [0.1, 0.15) is 15.6 Å². The Morgan fingerprint density at radius 3 is 2.29 bits per heavy atom. The van der Waals surface area contributed by atoms with E-state index in [-0.39, 0.29) is 23.2 Å². The second-order valence-electron chi connectivity index (χ2n) is 5.23. The third-order valence-corrected chi connectivity index (χ3v) is 4.79. The summed E-state index contributed by atoms with van der Waals surface area (Å²) >= 11 is 0. The zero-order valence-corrected chi connectivity index (χ0v) is 14.0. The molecule has 21 heavy (non-hydrogen) atoms. The van der Waals surface area contributed by atoms with Gasteiger partial charge >= 0.3 is 0 Å². The van der Waals surface area contributed by atoms with Crippen molar-refractivity contribution >= 4 is 19.9 Å². The maximum Gasteiger partial charge on any atom is 0.238 e. The van der Waals surface area contributed by atoms with Gasteiger partial charge in [-0.1, -0.05) is 13.8 Å². The molecule has 0 atom stereocenters. The Kier molecular flexibility index (Phi) is 5.77. The van der Waals surface area contributed by atoms with Crippen LogP contribution in [0.4, 0.5) is 0 Å². The van der Waals surface area contributed by atoms with Gasteiger partial charge in [-0.25, -0.2) is 22.0 Å². The lowest BCUT2D eigenvalue weighted by atomic mass is 10.0. The molecule has 0 amide bonds. The highest BCUT2D eigenvalue weighted by atomic mass is 32.2. The minimum absolute atomic E-state index is 0.0367. The van der Waals surface area contributed by atoms with Crippen LogP contribution in [0.15, 0.2) is 23.1 Å². The molecule has 1 aromatic carbocycles. The molecular formula is C13H21NO5S2. The largest absolute Gasteiger partial charge is 0.493 e. The van der Waals surface area contributed by atoms with Gasteiger partial charge in [-0.05, 0) is 36.1 Å². The molecule has 0 unspecified atom stereocenters. The van der Waals surface area contributed by atoms with E-state index >= 15 is 0 Å². The molecule has 0 bridgehead atoms. The number of ether oxygens (including phenoxy) is 1. The van der Waals surface area contributed by atoms with E-state index in [2.05, 4.69) is 0 Å². The highest BCUT2D eigenvalue weighted by Crippen LogP contribution is 2.29. The van der Waals surface area contributed by atoms with Crippen LogP contribution in [-0.2, 0) is 19.9 Å². The van der Waals surface area contributed by atoms with Gasteiger partial charge in [0.05, 0.1) is 17.3 Å². The van der Waals surface area contributed by atoms with Gasteiger partial charge in [0.25, 0.3) is 0 Å². The third-order valence-electron chi connectivity index (χ3n) is 2.85. The summed E-state index contributed by atoms with van der Waals surface area (Å²) in [6.07, 6.45) is 1.56. The maximum atomic E-state index is 11.4. The fraction of sp³-hybridized carbons (Fsp3) is 0.538. The SMILES string of the molecule is CC(C)c1cc(S(N)(=O)=O)ccc1OCCCS(C)(=O)=O. The molecule has 0 saturated carbocycles. The molecule has 1 rings (SSSR count). The summed E-state index contributed by atoms with van der Waals surface area (Å²) in [5.74, 6) is 0.654.